The SMILES string of the molecule is Nc1ccc(CN2CCCC(C(F)(F)F)C2)c(Cl)c1. The van der Waals surface area contributed by atoms with E-state index in [-0.39, 0.29) is 13.0 Å². The van der Waals surface area contributed by atoms with E-state index in [9.17, 15) is 13.2 Å². The zero-order valence-corrected chi connectivity index (χ0v) is 11.1. The maximum absolute atomic E-state index is 12.7. The number of hydrogen-bond acceptors (Lipinski definition) is 2. The molecule has 2 N–H and O–H groups in total. The maximum Gasteiger partial charge on any atom is 0.393 e. The second-order valence-electron chi connectivity index (χ2n) is 4.97. The van der Waals surface area contributed by atoms with Gasteiger partial charge in [0.25, 0.3) is 0 Å². The van der Waals surface area contributed by atoms with Gasteiger partial charge in [-0.25, -0.2) is 0 Å². The summed E-state index contributed by atoms with van der Waals surface area (Å²) < 4.78 is 38.1. The number of halogens is 4. The molecule has 1 aromatic rings. The maximum atomic E-state index is 12.7. The van der Waals surface area contributed by atoms with E-state index in [2.05, 4.69) is 0 Å². The lowest BCUT2D eigenvalue weighted by Crippen LogP contribution is -2.41. The zero-order valence-electron chi connectivity index (χ0n) is 10.4. The molecule has 1 unspecified atom stereocenters. The molecule has 0 aromatic heterocycles. The van der Waals surface area contributed by atoms with E-state index in [4.69, 9.17) is 17.3 Å². The number of alkyl halides is 3. The number of nitrogen functional groups attached to an aromatic ring is 1. The van der Waals surface area contributed by atoms with Crippen molar-refractivity contribution < 1.29 is 13.2 Å². The number of rotatable bonds is 2. The minimum absolute atomic E-state index is 0.0458. The molecular weight excluding hydrogens is 277 g/mol. The van der Waals surface area contributed by atoms with Crippen LogP contribution >= 0.6 is 11.6 Å². The molecule has 0 radical (unpaired) electrons. The van der Waals surface area contributed by atoms with Gasteiger partial charge in [-0.05, 0) is 37.1 Å². The van der Waals surface area contributed by atoms with Gasteiger partial charge < -0.3 is 5.73 Å². The van der Waals surface area contributed by atoms with Crippen LogP contribution in [0.25, 0.3) is 0 Å². The van der Waals surface area contributed by atoms with Crippen molar-refractivity contribution in [3.8, 4) is 0 Å². The molecule has 2 rings (SSSR count). The van der Waals surface area contributed by atoms with E-state index in [1.54, 1.807) is 23.1 Å². The quantitative estimate of drug-likeness (QED) is 0.842. The van der Waals surface area contributed by atoms with E-state index < -0.39 is 12.1 Å². The minimum Gasteiger partial charge on any atom is -0.399 e. The van der Waals surface area contributed by atoms with Gasteiger partial charge in [0, 0.05) is 23.8 Å². The highest BCUT2D eigenvalue weighted by Gasteiger charge is 2.41. The first-order chi connectivity index (χ1) is 8.86. The second-order valence-corrected chi connectivity index (χ2v) is 5.37. The van der Waals surface area contributed by atoms with Crippen LogP contribution in [0.5, 0.6) is 0 Å². The van der Waals surface area contributed by atoms with Gasteiger partial charge >= 0.3 is 6.18 Å². The number of likely N-dealkylation sites (tertiary alicyclic amines) is 1. The average Bonchev–Trinajstić information content (AvgIpc) is 2.32. The van der Waals surface area contributed by atoms with Crippen LogP contribution in [0.2, 0.25) is 5.02 Å². The molecule has 1 aromatic carbocycles. The first kappa shape index (κ1) is 14.5. The molecule has 0 saturated carbocycles. The highest BCUT2D eigenvalue weighted by atomic mass is 35.5. The highest BCUT2D eigenvalue weighted by molar-refractivity contribution is 6.31. The third-order valence-electron chi connectivity index (χ3n) is 3.44. The van der Waals surface area contributed by atoms with Crippen LogP contribution in [0, 0.1) is 5.92 Å². The smallest absolute Gasteiger partial charge is 0.393 e. The molecule has 6 heteroatoms. The fourth-order valence-electron chi connectivity index (χ4n) is 2.40. The minimum atomic E-state index is -4.11. The van der Waals surface area contributed by atoms with Gasteiger partial charge in [0.05, 0.1) is 5.92 Å². The molecule has 1 heterocycles. The summed E-state index contributed by atoms with van der Waals surface area (Å²) in [6.07, 6.45) is -3.32. The predicted octanol–water partition coefficient (Wildman–Crippen LogP) is 3.70. The van der Waals surface area contributed by atoms with E-state index in [0.29, 0.717) is 30.2 Å². The van der Waals surface area contributed by atoms with Gasteiger partial charge in [0.2, 0.25) is 0 Å². The third kappa shape index (κ3) is 3.76. The van der Waals surface area contributed by atoms with E-state index in [1.807, 2.05) is 0 Å². The summed E-state index contributed by atoms with van der Waals surface area (Å²) in [7, 11) is 0. The number of hydrogen-bond donors (Lipinski definition) is 1. The average molecular weight is 293 g/mol. The number of benzene rings is 1. The molecule has 0 amide bonds. The predicted molar refractivity (Wildman–Crippen MR) is 69.9 cm³/mol. The molecule has 0 bridgehead atoms. The van der Waals surface area contributed by atoms with Gasteiger partial charge in [-0.15, -0.1) is 0 Å². The Morgan fingerprint density at radius 3 is 2.74 bits per heavy atom. The van der Waals surface area contributed by atoms with Crippen LogP contribution in [0.4, 0.5) is 18.9 Å². The monoisotopic (exact) mass is 292 g/mol. The van der Waals surface area contributed by atoms with Gasteiger partial charge in [0.1, 0.15) is 0 Å². The first-order valence-electron chi connectivity index (χ1n) is 6.19. The molecule has 1 saturated heterocycles. The summed E-state index contributed by atoms with van der Waals surface area (Å²) in [5.41, 5.74) is 6.97. The van der Waals surface area contributed by atoms with Crippen molar-refractivity contribution in [1.29, 1.82) is 0 Å². The Morgan fingerprint density at radius 1 is 1.37 bits per heavy atom. The second kappa shape index (κ2) is 5.59. The molecule has 106 valence electrons. The van der Waals surface area contributed by atoms with Gasteiger partial charge in [-0.2, -0.15) is 13.2 Å². The van der Waals surface area contributed by atoms with Crippen molar-refractivity contribution in [3.63, 3.8) is 0 Å². The van der Waals surface area contributed by atoms with E-state index in [0.717, 1.165) is 5.56 Å². The van der Waals surface area contributed by atoms with Crippen molar-refractivity contribution in [2.75, 3.05) is 18.8 Å². The lowest BCUT2D eigenvalue weighted by atomic mass is 9.97. The van der Waals surface area contributed by atoms with Crippen molar-refractivity contribution in [1.82, 2.24) is 4.90 Å². The Labute approximate surface area is 115 Å². The summed E-state index contributed by atoms with van der Waals surface area (Å²) >= 11 is 6.05. The van der Waals surface area contributed by atoms with Gasteiger partial charge in [-0.1, -0.05) is 17.7 Å². The van der Waals surface area contributed by atoms with Crippen LogP contribution in [-0.2, 0) is 6.54 Å². The molecule has 19 heavy (non-hydrogen) atoms. The molecule has 1 aliphatic rings. The summed E-state index contributed by atoms with van der Waals surface area (Å²) in [6.45, 7) is 1.16. The van der Waals surface area contributed by atoms with Gasteiger partial charge in [0.15, 0.2) is 0 Å². The number of nitrogens with zero attached hydrogens (tertiary/aromatic N) is 1. The fourth-order valence-corrected chi connectivity index (χ4v) is 2.65. The highest BCUT2D eigenvalue weighted by Crippen LogP contribution is 2.34. The Kier molecular flexibility index (Phi) is 4.26. The molecule has 1 aliphatic heterocycles. The summed E-state index contributed by atoms with van der Waals surface area (Å²) in [4.78, 5) is 1.80. The van der Waals surface area contributed by atoms with Crippen molar-refractivity contribution in [3.05, 3.63) is 28.8 Å². The number of nitrogens with two attached hydrogens (primary N) is 1. The van der Waals surface area contributed by atoms with Crippen molar-refractivity contribution in [2.24, 2.45) is 5.92 Å². The fraction of sp³-hybridized carbons (Fsp3) is 0.538. The topological polar surface area (TPSA) is 29.3 Å². The Hall–Kier alpha value is -0.940. The Balaban J connectivity index is 2.03. The molecule has 0 aliphatic carbocycles. The lowest BCUT2D eigenvalue weighted by molar-refractivity contribution is -0.187. The molecule has 1 fully saturated rings. The van der Waals surface area contributed by atoms with Crippen LogP contribution < -0.4 is 5.73 Å². The van der Waals surface area contributed by atoms with Crippen LogP contribution in [0.1, 0.15) is 18.4 Å². The molecule has 0 spiro atoms. The van der Waals surface area contributed by atoms with E-state index in [1.165, 1.54) is 0 Å². The number of anilines is 1. The summed E-state index contributed by atoms with van der Waals surface area (Å²) in [6, 6.07) is 5.11. The first-order valence-corrected chi connectivity index (χ1v) is 6.57. The summed E-state index contributed by atoms with van der Waals surface area (Å²) in [5, 5.41) is 0.508. The molecular formula is C13H16ClF3N2. The van der Waals surface area contributed by atoms with Crippen LogP contribution in [0.15, 0.2) is 18.2 Å². The van der Waals surface area contributed by atoms with Crippen molar-refractivity contribution in [2.45, 2.75) is 25.6 Å². The molecule has 1 atom stereocenters. The standard InChI is InChI=1S/C13H16ClF3N2/c14-12-6-11(18)4-3-9(12)7-19-5-1-2-10(8-19)13(15,16)17/h3-4,6,10H,1-2,5,7-8,18H2. The van der Waals surface area contributed by atoms with Crippen LogP contribution in [-0.4, -0.2) is 24.2 Å². The number of piperidine rings is 1. The van der Waals surface area contributed by atoms with Crippen molar-refractivity contribution >= 4 is 17.3 Å². The van der Waals surface area contributed by atoms with E-state index >= 15 is 0 Å². The zero-order chi connectivity index (χ0) is 14.0. The lowest BCUT2D eigenvalue weighted by Gasteiger charge is -2.33. The normalized spacial score (nSPS) is 21.6. The largest absolute Gasteiger partial charge is 0.399 e. The summed E-state index contributed by atoms with van der Waals surface area (Å²) in [5.74, 6) is -1.23. The molecule has 2 nitrogen and oxygen atoms in total. The van der Waals surface area contributed by atoms with Crippen LogP contribution in [0.3, 0.4) is 0 Å². The Bertz CT molecular complexity index is 448. The Morgan fingerprint density at radius 2 is 2.11 bits per heavy atom. The van der Waals surface area contributed by atoms with Gasteiger partial charge in [-0.3, -0.25) is 4.90 Å². The third-order valence-corrected chi connectivity index (χ3v) is 3.79.